The van der Waals surface area contributed by atoms with Crippen molar-refractivity contribution in [1.29, 1.82) is 5.26 Å². The van der Waals surface area contributed by atoms with Crippen molar-refractivity contribution in [1.82, 2.24) is 5.16 Å². The molecule has 0 bridgehead atoms. The number of nitrogens with one attached hydrogen (secondary N) is 1. The normalized spacial score (nSPS) is 9.75. The monoisotopic (exact) mass is 277 g/mol. The third-order valence-electron chi connectivity index (χ3n) is 2.05. The van der Waals surface area contributed by atoms with Gasteiger partial charge in [0.15, 0.2) is 5.76 Å². The molecule has 0 radical (unpaired) electrons. The molecule has 5 heteroatoms. The molecule has 0 atom stereocenters. The maximum Gasteiger partial charge on any atom is 0.155 e. The van der Waals surface area contributed by atoms with Crippen LogP contribution in [0.4, 0.5) is 5.69 Å². The van der Waals surface area contributed by atoms with Crippen LogP contribution < -0.4 is 5.32 Å². The Kier molecular flexibility index (Phi) is 3.22. The van der Waals surface area contributed by atoms with Crippen molar-refractivity contribution >= 4 is 21.6 Å². The third kappa shape index (κ3) is 2.41. The minimum atomic E-state index is 0.510. The molecule has 2 rings (SSSR count). The van der Waals surface area contributed by atoms with E-state index in [1.165, 1.54) is 0 Å². The Morgan fingerprint density at radius 2 is 2.31 bits per heavy atom. The second-order valence-corrected chi connectivity index (χ2v) is 4.05. The molecule has 0 spiro atoms. The predicted molar refractivity (Wildman–Crippen MR) is 62.7 cm³/mol. The Labute approximate surface area is 101 Å². The highest BCUT2D eigenvalue weighted by Gasteiger charge is 2.03. The lowest BCUT2D eigenvalue weighted by Crippen LogP contribution is -2.00. The zero-order valence-corrected chi connectivity index (χ0v) is 9.86. The van der Waals surface area contributed by atoms with Crippen molar-refractivity contribution in [2.75, 3.05) is 5.32 Å². The molecule has 0 unspecified atom stereocenters. The van der Waals surface area contributed by atoms with E-state index < -0.39 is 0 Å². The van der Waals surface area contributed by atoms with E-state index in [0.717, 1.165) is 15.9 Å². The van der Waals surface area contributed by atoms with Crippen LogP contribution >= 0.6 is 15.9 Å². The maximum absolute atomic E-state index is 8.95. The number of nitriles is 1. The lowest BCUT2D eigenvalue weighted by molar-refractivity contribution is 0.388. The molecule has 0 aliphatic carbocycles. The Morgan fingerprint density at radius 3 is 3.00 bits per heavy atom. The largest absolute Gasteiger partial charge is 0.377 e. The van der Waals surface area contributed by atoms with Crippen LogP contribution in [0.25, 0.3) is 0 Å². The molecular weight excluding hydrogens is 270 g/mol. The molecule has 1 heterocycles. The van der Waals surface area contributed by atoms with E-state index in [4.69, 9.17) is 9.78 Å². The van der Waals surface area contributed by atoms with E-state index in [1.54, 1.807) is 18.3 Å². The highest BCUT2D eigenvalue weighted by Crippen LogP contribution is 2.20. The molecule has 0 amide bonds. The minimum absolute atomic E-state index is 0.510. The standard InChI is InChI=1S/C11H8BrN3O/c12-9-1-2-11(8(5-9)6-13)14-7-10-3-4-15-16-10/h1-5,14H,7H2. The van der Waals surface area contributed by atoms with Crippen LogP contribution in [0.2, 0.25) is 0 Å². The molecule has 1 aromatic carbocycles. The van der Waals surface area contributed by atoms with E-state index in [0.29, 0.717) is 12.1 Å². The summed E-state index contributed by atoms with van der Waals surface area (Å²) in [7, 11) is 0. The van der Waals surface area contributed by atoms with Gasteiger partial charge in [0.2, 0.25) is 0 Å². The fraction of sp³-hybridized carbons (Fsp3) is 0.0909. The summed E-state index contributed by atoms with van der Waals surface area (Å²) in [5, 5.41) is 15.7. The summed E-state index contributed by atoms with van der Waals surface area (Å²) in [4.78, 5) is 0. The number of halogens is 1. The van der Waals surface area contributed by atoms with Crippen molar-refractivity contribution in [2.45, 2.75) is 6.54 Å². The van der Waals surface area contributed by atoms with Crippen molar-refractivity contribution in [3.05, 3.63) is 46.3 Å². The van der Waals surface area contributed by atoms with Crippen LogP contribution in [-0.2, 0) is 6.54 Å². The van der Waals surface area contributed by atoms with Crippen molar-refractivity contribution in [2.24, 2.45) is 0 Å². The smallest absolute Gasteiger partial charge is 0.155 e. The van der Waals surface area contributed by atoms with Gasteiger partial charge in [-0.25, -0.2) is 0 Å². The van der Waals surface area contributed by atoms with Gasteiger partial charge in [-0.1, -0.05) is 21.1 Å². The van der Waals surface area contributed by atoms with Crippen LogP contribution in [0.15, 0.2) is 39.5 Å². The number of benzene rings is 1. The van der Waals surface area contributed by atoms with Gasteiger partial charge in [-0.05, 0) is 18.2 Å². The number of hydrogen-bond acceptors (Lipinski definition) is 4. The summed E-state index contributed by atoms with van der Waals surface area (Å²) in [6, 6.07) is 9.39. The summed E-state index contributed by atoms with van der Waals surface area (Å²) in [6.45, 7) is 0.510. The van der Waals surface area contributed by atoms with Gasteiger partial charge in [0, 0.05) is 10.5 Å². The van der Waals surface area contributed by atoms with Crippen molar-refractivity contribution in [3.8, 4) is 6.07 Å². The summed E-state index contributed by atoms with van der Waals surface area (Å²) in [5.74, 6) is 0.729. The van der Waals surface area contributed by atoms with E-state index in [-0.39, 0.29) is 0 Å². The average molecular weight is 278 g/mol. The van der Waals surface area contributed by atoms with Gasteiger partial charge in [0.1, 0.15) is 6.07 Å². The molecule has 4 nitrogen and oxygen atoms in total. The lowest BCUT2D eigenvalue weighted by Gasteiger charge is -2.06. The van der Waals surface area contributed by atoms with Crippen LogP contribution in [0, 0.1) is 11.3 Å². The molecule has 0 aliphatic heterocycles. The number of nitrogens with zero attached hydrogens (tertiary/aromatic N) is 2. The Balaban J connectivity index is 2.13. The first kappa shape index (κ1) is 10.7. The first-order chi connectivity index (χ1) is 7.79. The van der Waals surface area contributed by atoms with Crippen molar-refractivity contribution < 1.29 is 4.52 Å². The van der Waals surface area contributed by atoms with Crippen molar-refractivity contribution in [3.63, 3.8) is 0 Å². The van der Waals surface area contributed by atoms with Gasteiger partial charge in [-0.15, -0.1) is 0 Å². The molecule has 80 valence electrons. The Bertz CT molecular complexity index is 517. The number of hydrogen-bond donors (Lipinski definition) is 1. The Morgan fingerprint density at radius 1 is 1.44 bits per heavy atom. The van der Waals surface area contributed by atoms with Crippen LogP contribution in [0.5, 0.6) is 0 Å². The molecule has 0 aliphatic rings. The molecular formula is C11H8BrN3O. The van der Waals surface area contributed by atoms with E-state index in [1.807, 2.05) is 12.1 Å². The SMILES string of the molecule is N#Cc1cc(Br)ccc1NCc1ccno1. The van der Waals surface area contributed by atoms with Gasteiger partial charge in [0.25, 0.3) is 0 Å². The van der Waals surface area contributed by atoms with E-state index >= 15 is 0 Å². The minimum Gasteiger partial charge on any atom is -0.377 e. The second-order valence-electron chi connectivity index (χ2n) is 3.13. The number of anilines is 1. The fourth-order valence-electron chi connectivity index (χ4n) is 1.28. The van der Waals surface area contributed by atoms with Gasteiger partial charge < -0.3 is 9.84 Å². The van der Waals surface area contributed by atoms with Gasteiger partial charge in [-0.2, -0.15) is 5.26 Å². The van der Waals surface area contributed by atoms with E-state index in [2.05, 4.69) is 32.5 Å². The summed E-state index contributed by atoms with van der Waals surface area (Å²) >= 11 is 3.32. The molecule has 16 heavy (non-hydrogen) atoms. The van der Waals surface area contributed by atoms with Gasteiger partial charge in [-0.3, -0.25) is 0 Å². The topological polar surface area (TPSA) is 61.9 Å². The molecule has 0 saturated heterocycles. The number of aromatic nitrogens is 1. The highest BCUT2D eigenvalue weighted by molar-refractivity contribution is 9.10. The zero-order valence-electron chi connectivity index (χ0n) is 8.27. The molecule has 2 aromatic rings. The lowest BCUT2D eigenvalue weighted by atomic mass is 10.2. The van der Waals surface area contributed by atoms with E-state index in [9.17, 15) is 0 Å². The summed E-state index contributed by atoms with van der Waals surface area (Å²) in [6.07, 6.45) is 1.59. The fourth-order valence-corrected chi connectivity index (χ4v) is 1.64. The summed E-state index contributed by atoms with van der Waals surface area (Å²) < 4.78 is 5.83. The quantitative estimate of drug-likeness (QED) is 0.937. The van der Waals surface area contributed by atoms with Gasteiger partial charge in [0.05, 0.1) is 24.0 Å². The summed E-state index contributed by atoms with van der Waals surface area (Å²) in [5.41, 5.74) is 1.37. The van der Waals surface area contributed by atoms with Crippen LogP contribution in [0.3, 0.4) is 0 Å². The molecule has 1 N–H and O–H groups in total. The average Bonchev–Trinajstić information content (AvgIpc) is 2.80. The van der Waals surface area contributed by atoms with Crippen LogP contribution in [0.1, 0.15) is 11.3 Å². The highest BCUT2D eigenvalue weighted by atomic mass is 79.9. The Hall–Kier alpha value is -1.80. The molecule has 0 fully saturated rings. The maximum atomic E-state index is 8.95. The third-order valence-corrected chi connectivity index (χ3v) is 2.54. The predicted octanol–water partition coefficient (Wildman–Crippen LogP) is 2.92. The molecule has 0 saturated carbocycles. The molecule has 1 aromatic heterocycles. The zero-order chi connectivity index (χ0) is 11.4. The number of rotatable bonds is 3. The first-order valence-electron chi connectivity index (χ1n) is 4.62. The van der Waals surface area contributed by atoms with Crippen LogP contribution in [-0.4, -0.2) is 5.16 Å². The first-order valence-corrected chi connectivity index (χ1v) is 5.42. The van der Waals surface area contributed by atoms with Gasteiger partial charge >= 0.3 is 0 Å². The second kappa shape index (κ2) is 4.81.